The molecule has 0 unspecified atom stereocenters. The van der Waals surface area contributed by atoms with Crippen LogP contribution in [0.4, 0.5) is 4.39 Å². The molecule has 0 atom stereocenters. The van der Waals surface area contributed by atoms with Crippen LogP contribution in [0.2, 0.25) is 0 Å². The second kappa shape index (κ2) is 6.83. The van der Waals surface area contributed by atoms with E-state index in [1.54, 1.807) is 41.3 Å². The lowest BCUT2D eigenvalue weighted by molar-refractivity contribution is -0.132. The molecule has 0 spiro atoms. The average molecular weight is 327 g/mol. The van der Waals surface area contributed by atoms with Crippen molar-refractivity contribution in [2.24, 2.45) is 0 Å². The number of hydrogen-bond donors (Lipinski definition) is 1. The minimum absolute atomic E-state index is 0.0623. The molecule has 124 valence electrons. The second-order valence-electron chi connectivity index (χ2n) is 5.98. The van der Waals surface area contributed by atoms with E-state index in [0.29, 0.717) is 32.4 Å². The first-order valence-electron chi connectivity index (χ1n) is 7.90. The molecule has 1 aliphatic heterocycles. The first-order chi connectivity index (χ1) is 11.5. The Balaban J connectivity index is 1.57. The number of hydrogen-bond acceptors (Lipinski definition) is 2. The standard InChI is InChI=1S/C19H18FNO3/c20-17-7-6-16-12-21(10-9-15(16)11-17)18(22)8-3-13-1-4-14(5-2-13)19(23)24/h1-2,4-7,11H,3,8-10,12H2,(H,23,24). The lowest BCUT2D eigenvalue weighted by Crippen LogP contribution is -2.36. The van der Waals surface area contributed by atoms with Crippen LogP contribution in [0.1, 0.15) is 33.5 Å². The molecule has 0 fully saturated rings. The van der Waals surface area contributed by atoms with Gasteiger partial charge in [-0.1, -0.05) is 18.2 Å². The zero-order valence-electron chi connectivity index (χ0n) is 13.2. The maximum Gasteiger partial charge on any atom is 0.335 e. The largest absolute Gasteiger partial charge is 0.478 e. The molecule has 0 saturated heterocycles. The molecule has 3 rings (SSSR count). The van der Waals surface area contributed by atoms with Gasteiger partial charge in [0.1, 0.15) is 5.82 Å². The van der Waals surface area contributed by atoms with Crippen LogP contribution < -0.4 is 0 Å². The first kappa shape index (κ1) is 16.2. The van der Waals surface area contributed by atoms with Crippen LogP contribution in [0.3, 0.4) is 0 Å². The van der Waals surface area contributed by atoms with Crippen LogP contribution in [0.15, 0.2) is 42.5 Å². The van der Waals surface area contributed by atoms with E-state index in [1.165, 1.54) is 6.07 Å². The number of carbonyl (C=O) groups is 2. The number of halogens is 1. The van der Waals surface area contributed by atoms with Crippen molar-refractivity contribution in [2.45, 2.75) is 25.8 Å². The highest BCUT2D eigenvalue weighted by atomic mass is 19.1. The van der Waals surface area contributed by atoms with Gasteiger partial charge in [0.05, 0.1) is 5.56 Å². The normalized spacial score (nSPS) is 13.5. The van der Waals surface area contributed by atoms with Crippen molar-refractivity contribution < 1.29 is 19.1 Å². The fourth-order valence-corrected chi connectivity index (χ4v) is 2.96. The minimum atomic E-state index is -0.957. The van der Waals surface area contributed by atoms with Gasteiger partial charge in [-0.2, -0.15) is 0 Å². The lowest BCUT2D eigenvalue weighted by atomic mass is 9.99. The van der Waals surface area contributed by atoms with Crippen LogP contribution in [-0.2, 0) is 24.2 Å². The van der Waals surface area contributed by atoms with Gasteiger partial charge < -0.3 is 10.0 Å². The second-order valence-corrected chi connectivity index (χ2v) is 5.98. The summed E-state index contributed by atoms with van der Waals surface area (Å²) in [7, 11) is 0. The Labute approximate surface area is 139 Å². The molecule has 1 aliphatic rings. The SMILES string of the molecule is O=C(O)c1ccc(CCC(=O)N2CCc3cc(F)ccc3C2)cc1. The van der Waals surface area contributed by atoms with Gasteiger partial charge in [-0.05, 0) is 53.8 Å². The Morgan fingerprint density at radius 2 is 1.83 bits per heavy atom. The topological polar surface area (TPSA) is 57.6 Å². The van der Waals surface area contributed by atoms with Crippen molar-refractivity contribution in [3.05, 3.63) is 70.5 Å². The number of carboxylic acid groups (broad SMARTS) is 1. The summed E-state index contributed by atoms with van der Waals surface area (Å²) >= 11 is 0. The van der Waals surface area contributed by atoms with Crippen molar-refractivity contribution in [3.8, 4) is 0 Å². The molecule has 0 bridgehead atoms. The number of benzene rings is 2. The number of aryl methyl sites for hydroxylation is 1. The van der Waals surface area contributed by atoms with Gasteiger partial charge in [-0.3, -0.25) is 4.79 Å². The van der Waals surface area contributed by atoms with Crippen molar-refractivity contribution in [2.75, 3.05) is 6.54 Å². The molecule has 2 aromatic rings. The molecule has 2 aromatic carbocycles. The fraction of sp³-hybridized carbons (Fsp3) is 0.263. The Kier molecular flexibility index (Phi) is 4.60. The van der Waals surface area contributed by atoms with Gasteiger partial charge in [0.2, 0.25) is 5.91 Å². The van der Waals surface area contributed by atoms with Crippen molar-refractivity contribution in [1.29, 1.82) is 0 Å². The van der Waals surface area contributed by atoms with E-state index < -0.39 is 5.97 Å². The highest BCUT2D eigenvalue weighted by Gasteiger charge is 2.20. The number of aromatic carboxylic acids is 1. The Morgan fingerprint density at radius 1 is 1.08 bits per heavy atom. The molecule has 1 N–H and O–H groups in total. The molecular weight excluding hydrogens is 309 g/mol. The van der Waals surface area contributed by atoms with Crippen molar-refractivity contribution in [1.82, 2.24) is 4.90 Å². The zero-order valence-corrected chi connectivity index (χ0v) is 13.2. The third-order valence-electron chi connectivity index (χ3n) is 4.36. The molecule has 0 radical (unpaired) electrons. The first-order valence-corrected chi connectivity index (χ1v) is 7.90. The molecule has 1 heterocycles. The number of nitrogens with zero attached hydrogens (tertiary/aromatic N) is 1. The third-order valence-corrected chi connectivity index (χ3v) is 4.36. The Morgan fingerprint density at radius 3 is 2.54 bits per heavy atom. The van der Waals surface area contributed by atoms with Gasteiger partial charge in [-0.15, -0.1) is 0 Å². The van der Waals surface area contributed by atoms with Crippen molar-refractivity contribution in [3.63, 3.8) is 0 Å². The average Bonchev–Trinajstić information content (AvgIpc) is 2.59. The van der Waals surface area contributed by atoms with Gasteiger partial charge in [0.25, 0.3) is 0 Å². The van der Waals surface area contributed by atoms with Crippen LogP contribution >= 0.6 is 0 Å². The van der Waals surface area contributed by atoms with Gasteiger partial charge in [-0.25, -0.2) is 9.18 Å². The summed E-state index contributed by atoms with van der Waals surface area (Å²) in [6.45, 7) is 1.12. The zero-order chi connectivity index (χ0) is 17.1. The predicted octanol–water partition coefficient (Wildman–Crippen LogP) is 3.04. The summed E-state index contributed by atoms with van der Waals surface area (Å²) in [6.07, 6.45) is 1.63. The molecule has 4 nitrogen and oxygen atoms in total. The summed E-state index contributed by atoms with van der Waals surface area (Å²) in [5, 5.41) is 8.88. The minimum Gasteiger partial charge on any atom is -0.478 e. The van der Waals surface area contributed by atoms with E-state index >= 15 is 0 Å². The van der Waals surface area contributed by atoms with E-state index in [2.05, 4.69) is 0 Å². The number of carbonyl (C=O) groups excluding carboxylic acids is 1. The van der Waals surface area contributed by atoms with Crippen LogP contribution in [0, 0.1) is 5.82 Å². The number of amides is 1. The summed E-state index contributed by atoms with van der Waals surface area (Å²) in [4.78, 5) is 25.0. The molecule has 0 aromatic heterocycles. The lowest BCUT2D eigenvalue weighted by Gasteiger charge is -2.29. The molecular formula is C19H18FNO3. The Hall–Kier alpha value is -2.69. The highest BCUT2D eigenvalue weighted by Crippen LogP contribution is 2.21. The molecule has 0 aliphatic carbocycles. The maximum atomic E-state index is 13.2. The molecule has 1 amide bonds. The number of rotatable bonds is 4. The van der Waals surface area contributed by atoms with Gasteiger partial charge >= 0.3 is 5.97 Å². The van der Waals surface area contributed by atoms with Crippen LogP contribution in [-0.4, -0.2) is 28.4 Å². The fourth-order valence-electron chi connectivity index (χ4n) is 2.96. The van der Waals surface area contributed by atoms with Crippen LogP contribution in [0.5, 0.6) is 0 Å². The van der Waals surface area contributed by atoms with Gasteiger partial charge in [0.15, 0.2) is 0 Å². The van der Waals surface area contributed by atoms with Gasteiger partial charge in [0, 0.05) is 19.5 Å². The van der Waals surface area contributed by atoms with Crippen molar-refractivity contribution >= 4 is 11.9 Å². The Bertz CT molecular complexity index is 771. The summed E-state index contributed by atoms with van der Waals surface area (Å²) in [5.41, 5.74) is 3.16. The van der Waals surface area contributed by atoms with Crippen LogP contribution in [0.25, 0.3) is 0 Å². The van der Waals surface area contributed by atoms with E-state index in [-0.39, 0.29) is 17.3 Å². The van der Waals surface area contributed by atoms with E-state index in [9.17, 15) is 14.0 Å². The predicted molar refractivity (Wildman–Crippen MR) is 87.2 cm³/mol. The summed E-state index contributed by atoms with van der Waals surface area (Å²) < 4.78 is 13.2. The monoisotopic (exact) mass is 327 g/mol. The van der Waals surface area contributed by atoms with E-state index in [4.69, 9.17) is 5.11 Å². The van der Waals surface area contributed by atoms with E-state index in [0.717, 1.165) is 16.7 Å². The quantitative estimate of drug-likeness (QED) is 0.939. The number of fused-ring (bicyclic) bond motifs is 1. The highest BCUT2D eigenvalue weighted by molar-refractivity contribution is 5.87. The molecule has 24 heavy (non-hydrogen) atoms. The molecule has 5 heteroatoms. The van der Waals surface area contributed by atoms with E-state index in [1.807, 2.05) is 0 Å². The maximum absolute atomic E-state index is 13.2. The number of carboxylic acids is 1. The third kappa shape index (κ3) is 3.62. The molecule has 0 saturated carbocycles. The summed E-state index contributed by atoms with van der Waals surface area (Å²) in [5.74, 6) is -1.13. The smallest absolute Gasteiger partial charge is 0.335 e. The summed E-state index contributed by atoms with van der Waals surface area (Å²) in [6, 6.07) is 11.3.